The van der Waals surface area contributed by atoms with Gasteiger partial charge in [0, 0.05) is 23.6 Å². The Kier molecular flexibility index (Phi) is 4.03. The number of piperidine rings is 1. The molecule has 2 heterocycles. The maximum atomic E-state index is 6.15. The molecule has 0 aliphatic carbocycles. The average molecular weight is 306 g/mol. The Labute approximate surface area is 136 Å². The Hall–Kier alpha value is -2.26. The molecule has 3 nitrogen and oxygen atoms in total. The van der Waals surface area contributed by atoms with Crippen molar-refractivity contribution in [2.75, 3.05) is 13.1 Å². The van der Waals surface area contributed by atoms with Crippen molar-refractivity contribution >= 4 is 10.9 Å². The van der Waals surface area contributed by atoms with Gasteiger partial charge in [0.05, 0.1) is 0 Å². The summed E-state index contributed by atoms with van der Waals surface area (Å²) in [6.07, 6.45) is 4.65. The van der Waals surface area contributed by atoms with Crippen LogP contribution in [0.1, 0.15) is 29.9 Å². The van der Waals surface area contributed by atoms with Crippen LogP contribution in [0.2, 0.25) is 0 Å². The van der Waals surface area contributed by atoms with Crippen molar-refractivity contribution < 1.29 is 4.74 Å². The Morgan fingerprint density at radius 2 is 1.96 bits per heavy atom. The fraction of sp³-hybridized carbons (Fsp3) is 0.300. The second-order valence-electron chi connectivity index (χ2n) is 6.24. The fourth-order valence-electron chi connectivity index (χ4n) is 3.47. The highest BCUT2D eigenvalue weighted by atomic mass is 16.5. The molecular weight excluding hydrogens is 284 g/mol. The van der Waals surface area contributed by atoms with E-state index >= 15 is 0 Å². The van der Waals surface area contributed by atoms with Gasteiger partial charge in [-0.2, -0.15) is 0 Å². The molecule has 2 N–H and O–H groups in total. The Bertz CT molecular complexity index is 773. The first-order valence-corrected chi connectivity index (χ1v) is 8.39. The van der Waals surface area contributed by atoms with Crippen LogP contribution < -0.4 is 10.1 Å². The van der Waals surface area contributed by atoms with Gasteiger partial charge in [-0.15, -0.1) is 0 Å². The average Bonchev–Trinajstić information content (AvgIpc) is 3.06. The van der Waals surface area contributed by atoms with Crippen molar-refractivity contribution in [1.29, 1.82) is 0 Å². The summed E-state index contributed by atoms with van der Waals surface area (Å²) in [6.45, 7) is 2.80. The van der Waals surface area contributed by atoms with Crippen LogP contribution in [0, 0.1) is 0 Å². The van der Waals surface area contributed by atoms with E-state index < -0.39 is 0 Å². The molecule has 1 fully saturated rings. The van der Waals surface area contributed by atoms with Gasteiger partial charge in [0.15, 0.2) is 0 Å². The molecule has 2 aromatic carbocycles. The smallest absolute Gasteiger partial charge is 0.129 e. The van der Waals surface area contributed by atoms with Gasteiger partial charge in [0.2, 0.25) is 0 Å². The molecule has 3 aromatic rings. The molecule has 0 bridgehead atoms. The molecule has 1 aliphatic heterocycles. The van der Waals surface area contributed by atoms with E-state index in [4.69, 9.17) is 4.74 Å². The molecule has 0 radical (unpaired) electrons. The quantitative estimate of drug-likeness (QED) is 0.757. The Morgan fingerprint density at radius 1 is 1.04 bits per heavy atom. The standard InChI is InChI=1S/C20H22N2O/c1-2-6-15(7-3-1)14-23-19-10-4-9-18-20(19)17(13-22-18)16-8-5-11-21-12-16/h1-4,6-7,9-10,13,16,21-22H,5,8,11-12,14H2. The maximum Gasteiger partial charge on any atom is 0.129 e. The number of H-pyrrole nitrogens is 1. The lowest BCUT2D eigenvalue weighted by Crippen LogP contribution is -2.28. The molecule has 23 heavy (non-hydrogen) atoms. The highest BCUT2D eigenvalue weighted by molar-refractivity contribution is 5.89. The first-order chi connectivity index (χ1) is 11.4. The molecule has 1 unspecified atom stereocenters. The van der Waals surface area contributed by atoms with E-state index in [1.54, 1.807) is 0 Å². The van der Waals surface area contributed by atoms with Gasteiger partial charge in [-0.1, -0.05) is 36.4 Å². The van der Waals surface area contributed by atoms with Crippen molar-refractivity contribution in [1.82, 2.24) is 10.3 Å². The second-order valence-corrected chi connectivity index (χ2v) is 6.24. The number of fused-ring (bicyclic) bond motifs is 1. The maximum absolute atomic E-state index is 6.15. The zero-order valence-electron chi connectivity index (χ0n) is 13.2. The van der Waals surface area contributed by atoms with Crippen molar-refractivity contribution in [2.45, 2.75) is 25.4 Å². The minimum absolute atomic E-state index is 0.568. The summed E-state index contributed by atoms with van der Waals surface area (Å²) in [7, 11) is 0. The number of aromatic amines is 1. The van der Waals surface area contributed by atoms with Crippen LogP contribution in [0.5, 0.6) is 5.75 Å². The summed E-state index contributed by atoms with van der Waals surface area (Å²) in [5, 5.41) is 4.76. The molecule has 3 heteroatoms. The minimum atomic E-state index is 0.568. The molecular formula is C20H22N2O. The topological polar surface area (TPSA) is 37.0 Å². The second kappa shape index (κ2) is 6.47. The van der Waals surface area contributed by atoms with Crippen molar-refractivity contribution in [2.24, 2.45) is 0 Å². The van der Waals surface area contributed by atoms with Crippen LogP contribution in [0.25, 0.3) is 10.9 Å². The molecule has 0 amide bonds. The molecule has 4 rings (SSSR count). The SMILES string of the molecule is c1ccc(COc2cccc3[nH]cc(C4CCCNC4)c23)cc1. The van der Waals surface area contributed by atoms with Gasteiger partial charge < -0.3 is 15.0 Å². The summed E-state index contributed by atoms with van der Waals surface area (Å²) >= 11 is 0. The third-order valence-electron chi connectivity index (χ3n) is 4.67. The number of ether oxygens (including phenoxy) is 1. The highest BCUT2D eigenvalue weighted by Gasteiger charge is 2.20. The van der Waals surface area contributed by atoms with Crippen molar-refractivity contribution in [3.05, 3.63) is 65.9 Å². The number of benzene rings is 2. The first-order valence-electron chi connectivity index (χ1n) is 8.39. The van der Waals surface area contributed by atoms with Gasteiger partial charge in [0.25, 0.3) is 0 Å². The van der Waals surface area contributed by atoms with Crippen LogP contribution in [0.3, 0.4) is 0 Å². The normalized spacial score (nSPS) is 18.2. The monoisotopic (exact) mass is 306 g/mol. The van der Waals surface area contributed by atoms with Gasteiger partial charge in [-0.25, -0.2) is 0 Å². The van der Waals surface area contributed by atoms with E-state index in [1.165, 1.54) is 29.4 Å². The number of nitrogens with one attached hydrogen (secondary N) is 2. The Morgan fingerprint density at radius 3 is 2.78 bits per heavy atom. The number of rotatable bonds is 4. The Balaban J connectivity index is 1.64. The van der Waals surface area contributed by atoms with Crippen LogP contribution in [0.15, 0.2) is 54.7 Å². The largest absolute Gasteiger partial charge is 0.488 e. The van der Waals surface area contributed by atoms with Crippen LogP contribution >= 0.6 is 0 Å². The van der Waals surface area contributed by atoms with Crippen LogP contribution in [-0.4, -0.2) is 18.1 Å². The lowest BCUT2D eigenvalue weighted by Gasteiger charge is -2.23. The van der Waals surface area contributed by atoms with Crippen molar-refractivity contribution in [3.8, 4) is 5.75 Å². The number of hydrogen-bond acceptors (Lipinski definition) is 2. The third kappa shape index (κ3) is 2.97. The summed E-state index contributed by atoms with van der Waals surface area (Å²) in [6, 6.07) is 16.6. The van der Waals surface area contributed by atoms with Gasteiger partial charge >= 0.3 is 0 Å². The molecule has 1 aromatic heterocycles. The number of aromatic nitrogens is 1. The fourth-order valence-corrected chi connectivity index (χ4v) is 3.47. The third-order valence-corrected chi connectivity index (χ3v) is 4.67. The van der Waals surface area contributed by atoms with Gasteiger partial charge in [-0.3, -0.25) is 0 Å². The molecule has 1 saturated heterocycles. The molecule has 0 saturated carbocycles. The van der Waals surface area contributed by atoms with E-state index in [0.29, 0.717) is 12.5 Å². The molecule has 1 atom stereocenters. The predicted octanol–water partition coefficient (Wildman–Crippen LogP) is 4.21. The van der Waals surface area contributed by atoms with Gasteiger partial charge in [-0.05, 0) is 48.6 Å². The summed E-state index contributed by atoms with van der Waals surface area (Å²) in [5.41, 5.74) is 3.74. The summed E-state index contributed by atoms with van der Waals surface area (Å²) in [4.78, 5) is 3.42. The van der Waals surface area contributed by atoms with E-state index in [-0.39, 0.29) is 0 Å². The molecule has 0 spiro atoms. The van der Waals surface area contributed by atoms with Crippen LogP contribution in [-0.2, 0) is 6.61 Å². The highest BCUT2D eigenvalue weighted by Crippen LogP contribution is 2.35. The zero-order chi connectivity index (χ0) is 15.5. The predicted molar refractivity (Wildman–Crippen MR) is 93.9 cm³/mol. The number of hydrogen-bond donors (Lipinski definition) is 2. The van der Waals surface area contributed by atoms with E-state index in [1.807, 2.05) is 6.07 Å². The van der Waals surface area contributed by atoms with E-state index in [2.05, 4.69) is 59.0 Å². The molecule has 118 valence electrons. The van der Waals surface area contributed by atoms with E-state index in [9.17, 15) is 0 Å². The summed E-state index contributed by atoms with van der Waals surface area (Å²) in [5.74, 6) is 1.55. The first kappa shape index (κ1) is 14.3. The van der Waals surface area contributed by atoms with Gasteiger partial charge in [0.1, 0.15) is 12.4 Å². The lowest BCUT2D eigenvalue weighted by molar-refractivity contribution is 0.309. The van der Waals surface area contributed by atoms with E-state index in [0.717, 1.165) is 24.4 Å². The lowest BCUT2D eigenvalue weighted by atomic mass is 9.91. The van der Waals surface area contributed by atoms with Crippen LogP contribution in [0.4, 0.5) is 0 Å². The zero-order valence-corrected chi connectivity index (χ0v) is 13.2. The minimum Gasteiger partial charge on any atom is -0.488 e. The van der Waals surface area contributed by atoms with Crippen molar-refractivity contribution in [3.63, 3.8) is 0 Å². The molecule has 1 aliphatic rings. The summed E-state index contributed by atoms with van der Waals surface area (Å²) < 4.78 is 6.15.